The van der Waals surface area contributed by atoms with Gasteiger partial charge in [-0.05, 0) is 20.8 Å². The van der Waals surface area contributed by atoms with Crippen LogP contribution in [0.5, 0.6) is 5.88 Å². The first-order chi connectivity index (χ1) is 9.02. The van der Waals surface area contributed by atoms with Crippen molar-refractivity contribution < 1.29 is 14.3 Å². The molecule has 0 unspecified atom stereocenters. The summed E-state index contributed by atoms with van der Waals surface area (Å²) in [5.74, 6) is 0.940. The van der Waals surface area contributed by atoms with Gasteiger partial charge in [0.1, 0.15) is 0 Å². The molecule has 0 saturated carbocycles. The van der Waals surface area contributed by atoms with Crippen LogP contribution in [-0.2, 0) is 9.53 Å². The maximum absolute atomic E-state index is 11.3. The van der Waals surface area contributed by atoms with E-state index in [0.717, 1.165) is 0 Å². The number of rotatable bonds is 7. The fourth-order valence-electron chi connectivity index (χ4n) is 1.43. The van der Waals surface area contributed by atoms with Crippen LogP contribution in [0.15, 0.2) is 12.4 Å². The highest BCUT2D eigenvalue weighted by Crippen LogP contribution is 2.14. The molecule has 0 radical (unpaired) electrons. The van der Waals surface area contributed by atoms with E-state index in [-0.39, 0.29) is 12.1 Å². The molecule has 0 aliphatic carbocycles. The van der Waals surface area contributed by atoms with E-state index in [4.69, 9.17) is 9.47 Å². The van der Waals surface area contributed by atoms with Gasteiger partial charge in [-0.2, -0.15) is 4.98 Å². The molecule has 0 aromatic carbocycles. The van der Waals surface area contributed by atoms with E-state index in [2.05, 4.69) is 9.97 Å². The minimum atomic E-state index is -0.211. The third-order valence-corrected chi connectivity index (χ3v) is 2.30. The van der Waals surface area contributed by atoms with Crippen LogP contribution in [0.3, 0.4) is 0 Å². The third-order valence-electron chi connectivity index (χ3n) is 2.30. The summed E-state index contributed by atoms with van der Waals surface area (Å²) in [5.41, 5.74) is 0. The van der Waals surface area contributed by atoms with Crippen molar-refractivity contribution >= 4 is 11.8 Å². The van der Waals surface area contributed by atoms with Crippen molar-refractivity contribution in [2.24, 2.45) is 0 Å². The third kappa shape index (κ3) is 5.54. The van der Waals surface area contributed by atoms with E-state index >= 15 is 0 Å². The lowest BCUT2D eigenvalue weighted by atomic mass is 10.4. The SMILES string of the molecule is CCOC(=O)CCN(C)c1cncc(OC(C)C)n1. The summed E-state index contributed by atoms with van der Waals surface area (Å²) >= 11 is 0. The average Bonchev–Trinajstić information content (AvgIpc) is 2.36. The number of hydrogen-bond donors (Lipinski definition) is 0. The molecule has 1 rings (SSSR count). The number of anilines is 1. The molecule has 6 nitrogen and oxygen atoms in total. The van der Waals surface area contributed by atoms with Gasteiger partial charge in [0.2, 0.25) is 5.88 Å². The van der Waals surface area contributed by atoms with E-state index in [9.17, 15) is 4.79 Å². The number of nitrogens with zero attached hydrogens (tertiary/aromatic N) is 3. The Bertz CT molecular complexity index is 410. The van der Waals surface area contributed by atoms with Gasteiger partial charge in [0, 0.05) is 13.6 Å². The first kappa shape index (κ1) is 15.2. The summed E-state index contributed by atoms with van der Waals surface area (Å²) in [6.07, 6.45) is 3.58. The summed E-state index contributed by atoms with van der Waals surface area (Å²) in [4.78, 5) is 21.5. The zero-order chi connectivity index (χ0) is 14.3. The second kappa shape index (κ2) is 7.56. The molecule has 1 aromatic heterocycles. The van der Waals surface area contributed by atoms with E-state index < -0.39 is 0 Å². The molecule has 0 aliphatic heterocycles. The Balaban J connectivity index is 2.56. The Labute approximate surface area is 113 Å². The molecule has 0 spiro atoms. The van der Waals surface area contributed by atoms with Crippen LogP contribution in [0.2, 0.25) is 0 Å². The van der Waals surface area contributed by atoms with Crippen molar-refractivity contribution in [3.8, 4) is 5.88 Å². The van der Waals surface area contributed by atoms with E-state index in [0.29, 0.717) is 31.3 Å². The minimum absolute atomic E-state index is 0.0504. The van der Waals surface area contributed by atoms with Gasteiger partial charge in [-0.25, -0.2) is 0 Å². The van der Waals surface area contributed by atoms with E-state index in [1.807, 2.05) is 25.8 Å². The maximum atomic E-state index is 11.3. The van der Waals surface area contributed by atoms with Crippen molar-refractivity contribution in [1.82, 2.24) is 9.97 Å². The summed E-state index contributed by atoms with van der Waals surface area (Å²) in [7, 11) is 1.85. The topological polar surface area (TPSA) is 64.5 Å². The Hall–Kier alpha value is -1.85. The van der Waals surface area contributed by atoms with Crippen LogP contribution in [0.1, 0.15) is 27.2 Å². The fraction of sp³-hybridized carbons (Fsp3) is 0.615. The lowest BCUT2D eigenvalue weighted by molar-refractivity contribution is -0.142. The van der Waals surface area contributed by atoms with Gasteiger partial charge in [-0.15, -0.1) is 0 Å². The predicted molar refractivity (Wildman–Crippen MR) is 72.3 cm³/mol. The first-order valence-corrected chi connectivity index (χ1v) is 6.38. The van der Waals surface area contributed by atoms with Crippen LogP contribution < -0.4 is 9.64 Å². The first-order valence-electron chi connectivity index (χ1n) is 6.38. The monoisotopic (exact) mass is 267 g/mol. The maximum Gasteiger partial charge on any atom is 0.307 e. The molecule has 1 heterocycles. The molecule has 0 saturated heterocycles. The van der Waals surface area contributed by atoms with Gasteiger partial charge >= 0.3 is 5.97 Å². The van der Waals surface area contributed by atoms with Gasteiger partial charge in [0.25, 0.3) is 0 Å². The van der Waals surface area contributed by atoms with E-state index in [1.165, 1.54) is 0 Å². The van der Waals surface area contributed by atoms with Crippen LogP contribution in [-0.4, -0.2) is 42.2 Å². The fourth-order valence-corrected chi connectivity index (χ4v) is 1.43. The molecule has 0 fully saturated rings. The van der Waals surface area contributed by atoms with Gasteiger partial charge in [-0.3, -0.25) is 9.78 Å². The molecule has 0 aliphatic rings. The van der Waals surface area contributed by atoms with Gasteiger partial charge in [0.05, 0.1) is 31.5 Å². The second-order valence-corrected chi connectivity index (χ2v) is 4.36. The predicted octanol–water partition coefficient (Wildman–Crippen LogP) is 1.65. The molecule has 6 heteroatoms. The van der Waals surface area contributed by atoms with E-state index in [1.54, 1.807) is 19.3 Å². The van der Waals surface area contributed by atoms with Crippen molar-refractivity contribution in [1.29, 1.82) is 0 Å². The highest BCUT2D eigenvalue weighted by Gasteiger charge is 2.09. The largest absolute Gasteiger partial charge is 0.474 e. The van der Waals surface area contributed by atoms with Crippen molar-refractivity contribution in [2.75, 3.05) is 25.1 Å². The van der Waals surface area contributed by atoms with Crippen molar-refractivity contribution in [2.45, 2.75) is 33.3 Å². The second-order valence-electron chi connectivity index (χ2n) is 4.36. The summed E-state index contributed by atoms with van der Waals surface area (Å²) in [5, 5.41) is 0. The summed E-state index contributed by atoms with van der Waals surface area (Å²) < 4.78 is 10.4. The number of carbonyl (C=O) groups is 1. The lowest BCUT2D eigenvalue weighted by Gasteiger charge is -2.18. The molecule has 19 heavy (non-hydrogen) atoms. The van der Waals surface area contributed by atoms with Crippen LogP contribution in [0, 0.1) is 0 Å². The number of hydrogen-bond acceptors (Lipinski definition) is 6. The van der Waals surface area contributed by atoms with Crippen LogP contribution in [0.4, 0.5) is 5.82 Å². The zero-order valence-electron chi connectivity index (χ0n) is 11.9. The Morgan fingerprint density at radius 1 is 1.42 bits per heavy atom. The average molecular weight is 267 g/mol. The molecule has 0 bridgehead atoms. The molecule has 0 atom stereocenters. The summed E-state index contributed by atoms with van der Waals surface area (Å²) in [6, 6.07) is 0. The molecular formula is C13H21N3O3. The number of ether oxygens (including phenoxy) is 2. The number of esters is 1. The van der Waals surface area contributed by atoms with Gasteiger partial charge in [0.15, 0.2) is 5.82 Å². The van der Waals surface area contributed by atoms with Gasteiger partial charge in [-0.1, -0.05) is 0 Å². The van der Waals surface area contributed by atoms with Gasteiger partial charge < -0.3 is 14.4 Å². The standard InChI is InChI=1S/C13H21N3O3/c1-5-18-13(17)6-7-16(4)11-8-14-9-12(15-11)19-10(2)3/h8-10H,5-7H2,1-4H3. The molecule has 1 aromatic rings. The Morgan fingerprint density at radius 2 is 2.16 bits per heavy atom. The number of carbonyl (C=O) groups excluding carboxylic acids is 1. The molecular weight excluding hydrogens is 246 g/mol. The Kier molecular flexibility index (Phi) is 6.05. The number of aromatic nitrogens is 2. The van der Waals surface area contributed by atoms with Crippen molar-refractivity contribution in [3.63, 3.8) is 0 Å². The van der Waals surface area contributed by atoms with Crippen LogP contribution in [0.25, 0.3) is 0 Å². The summed E-state index contributed by atoms with van der Waals surface area (Å²) in [6.45, 7) is 6.58. The highest BCUT2D eigenvalue weighted by molar-refractivity contribution is 5.70. The molecule has 0 amide bonds. The quantitative estimate of drug-likeness (QED) is 0.700. The Morgan fingerprint density at radius 3 is 2.79 bits per heavy atom. The smallest absolute Gasteiger partial charge is 0.307 e. The lowest BCUT2D eigenvalue weighted by Crippen LogP contribution is -2.23. The zero-order valence-corrected chi connectivity index (χ0v) is 11.9. The highest BCUT2D eigenvalue weighted by atomic mass is 16.5. The minimum Gasteiger partial charge on any atom is -0.474 e. The normalized spacial score (nSPS) is 10.4. The molecule has 106 valence electrons. The van der Waals surface area contributed by atoms with Crippen molar-refractivity contribution in [3.05, 3.63) is 12.4 Å². The van der Waals surface area contributed by atoms with Crippen LogP contribution >= 0.6 is 0 Å². The molecule has 0 N–H and O–H groups in total.